The van der Waals surface area contributed by atoms with Crippen LogP contribution in [0.2, 0.25) is 0 Å². The maximum atomic E-state index is 13.3. The Balaban J connectivity index is 1.84. The van der Waals surface area contributed by atoms with Gasteiger partial charge < -0.3 is 10.2 Å². The summed E-state index contributed by atoms with van der Waals surface area (Å²) in [4.78, 5) is 16.0. The van der Waals surface area contributed by atoms with Crippen LogP contribution in [0.5, 0.6) is 0 Å². The first-order valence-electron chi connectivity index (χ1n) is 9.52. The molecule has 1 aliphatic rings. The molecule has 4 nitrogen and oxygen atoms in total. The number of aryl methyl sites for hydroxylation is 1. The summed E-state index contributed by atoms with van der Waals surface area (Å²) in [6, 6.07) is 10.6. The summed E-state index contributed by atoms with van der Waals surface area (Å²) in [5.74, 6) is 0.932. The molecule has 1 aromatic heterocycles. The van der Waals surface area contributed by atoms with Crippen LogP contribution in [0.4, 0.5) is 4.39 Å². The Morgan fingerprint density at radius 1 is 1.26 bits per heavy atom. The summed E-state index contributed by atoms with van der Waals surface area (Å²) >= 11 is 0. The molecule has 5 heteroatoms. The molecule has 1 unspecified atom stereocenters. The molecule has 1 aliphatic carbocycles. The van der Waals surface area contributed by atoms with Crippen molar-refractivity contribution in [2.75, 3.05) is 0 Å². The number of nitrogens with two attached hydrogens (primary N) is 1. The molecule has 0 saturated heterocycles. The zero-order valence-corrected chi connectivity index (χ0v) is 15.4. The molecule has 0 aliphatic heterocycles. The lowest BCUT2D eigenvalue weighted by Gasteiger charge is -2.17. The largest absolute Gasteiger partial charge is 0.440 e. The standard InChI is InChI=1S/C22H23FN2O2/c1-2-21-25-19-12-15(13-5-7-16(23)8-6-13)11-18(22(19)27-21)17(14-3-4-14)9-10-20(24)26/h5-8,11-12,14,17H,2-4,9-10H2,1H3,(H2,24,26). The Bertz CT molecular complexity index is 974. The Labute approximate surface area is 157 Å². The fraction of sp³-hybridized carbons (Fsp3) is 0.364. The van der Waals surface area contributed by atoms with Gasteiger partial charge in [-0.2, -0.15) is 0 Å². The van der Waals surface area contributed by atoms with Gasteiger partial charge in [-0.15, -0.1) is 0 Å². The topological polar surface area (TPSA) is 69.1 Å². The van der Waals surface area contributed by atoms with E-state index in [1.807, 2.05) is 13.0 Å². The third-order valence-corrected chi connectivity index (χ3v) is 5.34. The van der Waals surface area contributed by atoms with Crippen molar-refractivity contribution in [3.05, 3.63) is 53.7 Å². The van der Waals surface area contributed by atoms with Crippen molar-refractivity contribution in [3.8, 4) is 11.1 Å². The number of nitrogens with zero attached hydrogens (tertiary/aromatic N) is 1. The summed E-state index contributed by atoms with van der Waals surface area (Å²) in [5, 5.41) is 0. The molecule has 1 saturated carbocycles. The Hall–Kier alpha value is -2.69. The van der Waals surface area contributed by atoms with Crippen LogP contribution in [-0.4, -0.2) is 10.9 Å². The van der Waals surface area contributed by atoms with Gasteiger partial charge in [-0.1, -0.05) is 19.1 Å². The van der Waals surface area contributed by atoms with Crippen LogP contribution >= 0.6 is 0 Å². The van der Waals surface area contributed by atoms with E-state index in [0.29, 0.717) is 24.7 Å². The van der Waals surface area contributed by atoms with E-state index in [1.165, 1.54) is 12.1 Å². The van der Waals surface area contributed by atoms with Gasteiger partial charge >= 0.3 is 0 Å². The van der Waals surface area contributed by atoms with Gasteiger partial charge in [-0.05, 0) is 66.5 Å². The number of halogens is 1. The maximum absolute atomic E-state index is 13.3. The number of carbonyl (C=O) groups excluding carboxylic acids is 1. The third kappa shape index (κ3) is 3.72. The van der Waals surface area contributed by atoms with Crippen molar-refractivity contribution < 1.29 is 13.6 Å². The number of amides is 1. The van der Waals surface area contributed by atoms with Gasteiger partial charge in [0.05, 0.1) is 0 Å². The zero-order chi connectivity index (χ0) is 19.0. The van der Waals surface area contributed by atoms with Crippen molar-refractivity contribution in [3.63, 3.8) is 0 Å². The number of hydrogen-bond acceptors (Lipinski definition) is 3. The maximum Gasteiger partial charge on any atom is 0.217 e. The minimum absolute atomic E-state index is 0.220. The van der Waals surface area contributed by atoms with E-state index < -0.39 is 0 Å². The van der Waals surface area contributed by atoms with Gasteiger partial charge in [0.25, 0.3) is 0 Å². The minimum atomic E-state index is -0.279. The first kappa shape index (κ1) is 17.7. The monoisotopic (exact) mass is 366 g/mol. The van der Waals surface area contributed by atoms with Crippen LogP contribution in [0.15, 0.2) is 40.8 Å². The second-order valence-corrected chi connectivity index (χ2v) is 7.33. The lowest BCUT2D eigenvalue weighted by atomic mass is 9.87. The predicted molar refractivity (Wildman–Crippen MR) is 103 cm³/mol. The van der Waals surface area contributed by atoms with Crippen LogP contribution in [0.1, 0.15) is 50.0 Å². The quantitative estimate of drug-likeness (QED) is 0.643. The first-order valence-corrected chi connectivity index (χ1v) is 9.52. The molecule has 140 valence electrons. The highest BCUT2D eigenvalue weighted by atomic mass is 19.1. The second kappa shape index (κ2) is 7.14. The van der Waals surface area contributed by atoms with Gasteiger partial charge in [0.15, 0.2) is 11.5 Å². The van der Waals surface area contributed by atoms with Crippen molar-refractivity contribution in [2.24, 2.45) is 11.7 Å². The molecule has 27 heavy (non-hydrogen) atoms. The number of aromatic nitrogens is 1. The number of rotatable bonds is 7. The van der Waals surface area contributed by atoms with Gasteiger partial charge in [0.2, 0.25) is 5.91 Å². The number of oxazole rings is 1. The normalized spacial score (nSPS) is 15.2. The van der Waals surface area contributed by atoms with Gasteiger partial charge in [-0.25, -0.2) is 9.37 Å². The summed E-state index contributed by atoms with van der Waals surface area (Å²) in [6.07, 6.45) is 4.10. The SMILES string of the molecule is CCc1nc2cc(-c3ccc(F)cc3)cc(C(CCC(N)=O)C3CC3)c2o1. The van der Waals surface area contributed by atoms with Crippen molar-refractivity contribution >= 4 is 17.0 Å². The molecule has 2 N–H and O–H groups in total. The molecule has 1 atom stereocenters. The first-order chi connectivity index (χ1) is 13.0. The summed E-state index contributed by atoms with van der Waals surface area (Å²) in [6.45, 7) is 2.01. The number of carbonyl (C=O) groups is 1. The molecule has 4 rings (SSSR count). The van der Waals surface area contributed by atoms with Crippen LogP contribution in [0.3, 0.4) is 0 Å². The predicted octanol–water partition coefficient (Wildman–Crippen LogP) is 4.96. The van der Waals surface area contributed by atoms with Crippen molar-refractivity contribution in [2.45, 2.75) is 44.9 Å². The lowest BCUT2D eigenvalue weighted by Crippen LogP contribution is -2.13. The Morgan fingerprint density at radius 3 is 2.63 bits per heavy atom. The fourth-order valence-corrected chi connectivity index (χ4v) is 3.78. The summed E-state index contributed by atoms with van der Waals surface area (Å²) in [7, 11) is 0. The molecule has 2 aromatic carbocycles. The average Bonchev–Trinajstić information content (AvgIpc) is 3.40. The molecule has 3 aromatic rings. The number of benzene rings is 2. The Morgan fingerprint density at radius 2 is 2.00 bits per heavy atom. The van der Waals surface area contributed by atoms with E-state index in [0.717, 1.165) is 47.1 Å². The smallest absolute Gasteiger partial charge is 0.217 e. The molecule has 1 heterocycles. The highest BCUT2D eigenvalue weighted by molar-refractivity contribution is 5.84. The molecule has 1 amide bonds. The Kier molecular flexibility index (Phi) is 4.68. The van der Waals surface area contributed by atoms with Crippen LogP contribution < -0.4 is 5.73 Å². The average molecular weight is 366 g/mol. The third-order valence-electron chi connectivity index (χ3n) is 5.34. The summed E-state index contributed by atoms with van der Waals surface area (Å²) < 4.78 is 19.4. The van der Waals surface area contributed by atoms with E-state index >= 15 is 0 Å². The molecular formula is C22H23FN2O2. The molecule has 0 bridgehead atoms. The lowest BCUT2D eigenvalue weighted by molar-refractivity contribution is -0.118. The number of primary amides is 1. The van der Waals surface area contributed by atoms with E-state index in [9.17, 15) is 9.18 Å². The van der Waals surface area contributed by atoms with Crippen molar-refractivity contribution in [1.29, 1.82) is 0 Å². The van der Waals surface area contributed by atoms with E-state index in [4.69, 9.17) is 10.2 Å². The molecule has 0 radical (unpaired) electrons. The van der Waals surface area contributed by atoms with Gasteiger partial charge in [0, 0.05) is 18.4 Å². The van der Waals surface area contributed by atoms with E-state index in [1.54, 1.807) is 12.1 Å². The summed E-state index contributed by atoms with van der Waals surface area (Å²) in [5.41, 5.74) is 10.0. The van der Waals surface area contributed by atoms with Crippen LogP contribution in [-0.2, 0) is 11.2 Å². The van der Waals surface area contributed by atoms with Gasteiger partial charge in [-0.3, -0.25) is 4.79 Å². The number of fused-ring (bicyclic) bond motifs is 1. The van der Waals surface area contributed by atoms with Crippen LogP contribution in [0.25, 0.3) is 22.2 Å². The fourth-order valence-electron chi connectivity index (χ4n) is 3.78. The van der Waals surface area contributed by atoms with Crippen LogP contribution in [0, 0.1) is 11.7 Å². The highest BCUT2D eigenvalue weighted by Crippen LogP contribution is 2.47. The number of hydrogen-bond donors (Lipinski definition) is 1. The molecule has 0 spiro atoms. The molecular weight excluding hydrogens is 343 g/mol. The van der Waals surface area contributed by atoms with E-state index in [2.05, 4.69) is 11.1 Å². The second-order valence-electron chi connectivity index (χ2n) is 7.33. The zero-order valence-electron chi connectivity index (χ0n) is 15.4. The molecule has 1 fully saturated rings. The van der Waals surface area contributed by atoms with Crippen molar-refractivity contribution in [1.82, 2.24) is 4.98 Å². The van der Waals surface area contributed by atoms with Gasteiger partial charge in [0.1, 0.15) is 11.3 Å². The van der Waals surface area contributed by atoms with E-state index in [-0.39, 0.29) is 17.6 Å². The highest BCUT2D eigenvalue weighted by Gasteiger charge is 2.34. The minimum Gasteiger partial charge on any atom is -0.440 e.